The zero-order valence-corrected chi connectivity index (χ0v) is 11.6. The summed E-state index contributed by atoms with van der Waals surface area (Å²) in [6.45, 7) is 4.69. The van der Waals surface area contributed by atoms with Crippen molar-refractivity contribution < 1.29 is 23.0 Å². The number of aliphatic hydroxyl groups excluding tert-OH is 1. The van der Waals surface area contributed by atoms with E-state index in [0.29, 0.717) is 18.0 Å². The Bertz CT molecular complexity index is 419. The molecule has 0 fully saturated rings. The quantitative estimate of drug-likeness (QED) is 0.811. The molecule has 0 amide bonds. The van der Waals surface area contributed by atoms with Gasteiger partial charge in [0.25, 0.3) is 0 Å². The molecule has 0 radical (unpaired) electrons. The molecule has 0 aliphatic rings. The number of ether oxygens (including phenoxy) is 1. The Kier molecular flexibility index (Phi) is 6.29. The Labute approximate surface area is 116 Å². The molecule has 3 nitrogen and oxygen atoms in total. The zero-order valence-electron chi connectivity index (χ0n) is 11.6. The number of aliphatic hydroxyl groups is 1. The summed E-state index contributed by atoms with van der Waals surface area (Å²) in [5.41, 5.74) is -0.260. The third kappa shape index (κ3) is 5.38. The molecule has 0 aliphatic heterocycles. The molecule has 20 heavy (non-hydrogen) atoms. The monoisotopic (exact) mass is 291 g/mol. The molecular formula is C14H20F3NO2. The summed E-state index contributed by atoms with van der Waals surface area (Å²) in [6.07, 6.45) is -4.47. The maximum absolute atomic E-state index is 12.9. The summed E-state index contributed by atoms with van der Waals surface area (Å²) in [7, 11) is 0. The molecule has 0 aromatic heterocycles. The second kappa shape index (κ2) is 7.50. The molecule has 1 aromatic rings. The van der Waals surface area contributed by atoms with Gasteiger partial charge in [0.2, 0.25) is 0 Å². The SMILES string of the molecule is CC(C)CNCc1ccc(OCCO)c(C(F)(F)F)c1. The predicted octanol–water partition coefficient (Wildman–Crippen LogP) is 2.82. The van der Waals surface area contributed by atoms with Crippen LogP contribution in [0.1, 0.15) is 25.0 Å². The van der Waals surface area contributed by atoms with Gasteiger partial charge in [-0.15, -0.1) is 0 Å². The van der Waals surface area contributed by atoms with Crippen LogP contribution in [0, 0.1) is 5.92 Å². The molecule has 1 rings (SSSR count). The van der Waals surface area contributed by atoms with E-state index < -0.39 is 11.7 Å². The van der Waals surface area contributed by atoms with E-state index in [0.717, 1.165) is 12.6 Å². The van der Waals surface area contributed by atoms with Crippen molar-refractivity contribution in [3.8, 4) is 5.75 Å². The number of alkyl halides is 3. The van der Waals surface area contributed by atoms with Crippen molar-refractivity contribution in [1.82, 2.24) is 5.32 Å². The first-order valence-corrected chi connectivity index (χ1v) is 6.49. The second-order valence-corrected chi connectivity index (χ2v) is 4.93. The van der Waals surface area contributed by atoms with E-state index in [4.69, 9.17) is 9.84 Å². The Hall–Kier alpha value is -1.27. The van der Waals surface area contributed by atoms with E-state index in [2.05, 4.69) is 5.32 Å². The molecule has 114 valence electrons. The van der Waals surface area contributed by atoms with Crippen molar-refractivity contribution in [2.75, 3.05) is 19.8 Å². The Morgan fingerprint density at radius 3 is 2.55 bits per heavy atom. The van der Waals surface area contributed by atoms with Gasteiger partial charge in [0.15, 0.2) is 0 Å². The summed E-state index contributed by atoms with van der Waals surface area (Å²) >= 11 is 0. The lowest BCUT2D eigenvalue weighted by Gasteiger charge is -2.15. The summed E-state index contributed by atoms with van der Waals surface area (Å²) in [6, 6.07) is 3.97. The Morgan fingerprint density at radius 2 is 2.00 bits per heavy atom. The summed E-state index contributed by atoms with van der Waals surface area (Å²) in [5.74, 6) is 0.184. The van der Waals surface area contributed by atoms with Crippen LogP contribution in [0.4, 0.5) is 13.2 Å². The normalized spacial score (nSPS) is 11.9. The fraction of sp³-hybridized carbons (Fsp3) is 0.571. The highest BCUT2D eigenvalue weighted by Gasteiger charge is 2.34. The van der Waals surface area contributed by atoms with Crippen LogP contribution in [-0.2, 0) is 12.7 Å². The number of nitrogens with one attached hydrogen (secondary N) is 1. The number of benzene rings is 1. The molecule has 2 N–H and O–H groups in total. The van der Waals surface area contributed by atoms with Gasteiger partial charge in [-0.1, -0.05) is 19.9 Å². The zero-order chi connectivity index (χ0) is 15.2. The van der Waals surface area contributed by atoms with Crippen LogP contribution >= 0.6 is 0 Å². The van der Waals surface area contributed by atoms with Crippen LogP contribution in [0.25, 0.3) is 0 Å². The van der Waals surface area contributed by atoms with Crippen LogP contribution in [0.2, 0.25) is 0 Å². The van der Waals surface area contributed by atoms with Crippen LogP contribution in [0.3, 0.4) is 0 Å². The molecule has 6 heteroatoms. The molecule has 0 spiro atoms. The van der Waals surface area contributed by atoms with Crippen LogP contribution < -0.4 is 10.1 Å². The molecule has 0 saturated heterocycles. The first-order chi connectivity index (χ1) is 9.34. The number of rotatable bonds is 7. The van der Waals surface area contributed by atoms with Gasteiger partial charge in [-0.2, -0.15) is 13.2 Å². The first-order valence-electron chi connectivity index (χ1n) is 6.49. The van der Waals surface area contributed by atoms with E-state index in [1.165, 1.54) is 6.07 Å². The van der Waals surface area contributed by atoms with E-state index in [9.17, 15) is 13.2 Å². The van der Waals surface area contributed by atoms with Gasteiger partial charge >= 0.3 is 6.18 Å². The summed E-state index contributed by atoms with van der Waals surface area (Å²) in [5, 5.41) is 11.7. The van der Waals surface area contributed by atoms with Crippen molar-refractivity contribution >= 4 is 0 Å². The van der Waals surface area contributed by atoms with Gasteiger partial charge in [-0.05, 0) is 30.2 Å². The standard InChI is InChI=1S/C14H20F3NO2/c1-10(2)8-18-9-11-3-4-13(20-6-5-19)12(7-11)14(15,16)17/h3-4,7,10,18-19H,5-6,8-9H2,1-2H3. The maximum Gasteiger partial charge on any atom is 0.419 e. The van der Waals surface area contributed by atoms with Crippen molar-refractivity contribution in [1.29, 1.82) is 0 Å². The molecular weight excluding hydrogens is 271 g/mol. The average Bonchev–Trinajstić information content (AvgIpc) is 2.35. The maximum atomic E-state index is 12.9. The van der Waals surface area contributed by atoms with Gasteiger partial charge in [0, 0.05) is 6.54 Å². The van der Waals surface area contributed by atoms with Crippen molar-refractivity contribution in [2.45, 2.75) is 26.6 Å². The fourth-order valence-electron chi connectivity index (χ4n) is 1.70. The van der Waals surface area contributed by atoms with E-state index in [1.54, 1.807) is 6.07 Å². The Morgan fingerprint density at radius 1 is 1.30 bits per heavy atom. The highest BCUT2D eigenvalue weighted by atomic mass is 19.4. The highest BCUT2D eigenvalue weighted by molar-refractivity contribution is 5.39. The number of hydrogen-bond donors (Lipinski definition) is 2. The molecule has 0 bridgehead atoms. The van der Waals surface area contributed by atoms with Crippen molar-refractivity contribution in [3.63, 3.8) is 0 Å². The molecule has 0 aliphatic carbocycles. The van der Waals surface area contributed by atoms with E-state index in [-0.39, 0.29) is 19.0 Å². The molecule has 0 atom stereocenters. The molecule has 0 saturated carbocycles. The predicted molar refractivity (Wildman–Crippen MR) is 70.6 cm³/mol. The average molecular weight is 291 g/mol. The highest BCUT2D eigenvalue weighted by Crippen LogP contribution is 2.36. The van der Waals surface area contributed by atoms with Crippen LogP contribution in [-0.4, -0.2) is 24.9 Å². The lowest BCUT2D eigenvalue weighted by atomic mass is 10.1. The van der Waals surface area contributed by atoms with Gasteiger partial charge in [0.05, 0.1) is 12.2 Å². The van der Waals surface area contributed by atoms with Crippen LogP contribution in [0.15, 0.2) is 18.2 Å². The van der Waals surface area contributed by atoms with E-state index in [1.807, 2.05) is 13.8 Å². The second-order valence-electron chi connectivity index (χ2n) is 4.93. The number of hydrogen-bond acceptors (Lipinski definition) is 3. The lowest BCUT2D eigenvalue weighted by Crippen LogP contribution is -2.19. The largest absolute Gasteiger partial charge is 0.491 e. The molecule has 0 unspecified atom stereocenters. The summed E-state index contributed by atoms with van der Waals surface area (Å²) < 4.78 is 43.7. The third-order valence-electron chi connectivity index (χ3n) is 2.58. The van der Waals surface area contributed by atoms with E-state index >= 15 is 0 Å². The number of halogens is 3. The smallest absolute Gasteiger partial charge is 0.419 e. The minimum absolute atomic E-state index is 0.159. The van der Waals surface area contributed by atoms with Crippen LogP contribution in [0.5, 0.6) is 5.75 Å². The van der Waals surface area contributed by atoms with Gasteiger partial charge in [-0.3, -0.25) is 0 Å². The summed E-state index contributed by atoms with van der Waals surface area (Å²) in [4.78, 5) is 0. The lowest BCUT2D eigenvalue weighted by molar-refractivity contribution is -0.139. The Balaban J connectivity index is 2.84. The van der Waals surface area contributed by atoms with Gasteiger partial charge < -0.3 is 15.2 Å². The van der Waals surface area contributed by atoms with Crippen molar-refractivity contribution in [3.05, 3.63) is 29.3 Å². The molecule has 1 aromatic carbocycles. The van der Waals surface area contributed by atoms with Gasteiger partial charge in [0.1, 0.15) is 12.4 Å². The fourth-order valence-corrected chi connectivity index (χ4v) is 1.70. The minimum Gasteiger partial charge on any atom is -0.491 e. The van der Waals surface area contributed by atoms with Crippen molar-refractivity contribution in [2.24, 2.45) is 5.92 Å². The molecule has 0 heterocycles. The topological polar surface area (TPSA) is 41.5 Å². The van der Waals surface area contributed by atoms with Gasteiger partial charge in [-0.25, -0.2) is 0 Å². The third-order valence-corrected chi connectivity index (χ3v) is 2.58. The first kappa shape index (κ1) is 16.8. The minimum atomic E-state index is -4.47.